The third kappa shape index (κ3) is 8.12. The zero-order valence-electron chi connectivity index (χ0n) is 54.7. The van der Waals surface area contributed by atoms with Crippen LogP contribution < -0.4 is 30.4 Å². The van der Waals surface area contributed by atoms with Crippen LogP contribution in [0.15, 0.2) is 155 Å². The van der Waals surface area contributed by atoms with E-state index in [-0.39, 0.29) is 56.1 Å². The van der Waals surface area contributed by atoms with Crippen LogP contribution >= 0.6 is 11.3 Å². The Hall–Kier alpha value is -6.76. The van der Waals surface area contributed by atoms with Crippen molar-refractivity contribution in [3.63, 3.8) is 0 Å². The SMILES string of the molecule is CC(C)(C)C1=CC(N2c3cc4c(cc3B3c5sc6cc7c8cc6c5N(c5ccc6c(c5)C(C)(CCC6(C)C)CC8(C)CCC7(C)C)c5cc(N(c6ccccc6)c6ccc7c(c6)oc6ccccc67)cc2c53)C(C)(C)CCC4(C)C)CC(C(C)(C)C)=C1. The van der Waals surface area contributed by atoms with E-state index in [2.05, 4.69) is 276 Å². The van der Waals surface area contributed by atoms with Gasteiger partial charge in [0.2, 0.25) is 0 Å². The molecule has 0 fully saturated rings. The second kappa shape index (κ2) is 18.0. The largest absolute Gasteiger partial charge is 0.456 e. The fourth-order valence-corrected chi connectivity index (χ4v) is 19.3. The summed E-state index contributed by atoms with van der Waals surface area (Å²) in [6.07, 6.45) is 14.4. The third-order valence-electron chi connectivity index (χ3n) is 23.4. The van der Waals surface area contributed by atoms with Gasteiger partial charge in [0.1, 0.15) is 11.2 Å². The molecular formula is C81H88BN3OS. The predicted octanol–water partition coefficient (Wildman–Crippen LogP) is 21.1. The minimum atomic E-state index is -0.0648. The van der Waals surface area contributed by atoms with Crippen molar-refractivity contribution in [2.24, 2.45) is 10.8 Å². The number of rotatable bonds is 4. The predicted molar refractivity (Wildman–Crippen MR) is 374 cm³/mol. The summed E-state index contributed by atoms with van der Waals surface area (Å²) in [5, 5.41) is 3.68. The quantitative estimate of drug-likeness (QED) is 0.164. The van der Waals surface area contributed by atoms with Crippen LogP contribution in [0, 0.1) is 10.8 Å². The molecule has 9 aromatic rings. The molecule has 442 valence electrons. The summed E-state index contributed by atoms with van der Waals surface area (Å²) >= 11 is 2.10. The fraction of sp³-hybridized carbons (Fsp3) is 0.407. The Labute approximate surface area is 522 Å². The summed E-state index contributed by atoms with van der Waals surface area (Å²) < 4.78 is 9.68. The molecule has 4 aliphatic carbocycles. The normalized spacial score (nSPS) is 23.4. The van der Waals surface area contributed by atoms with Gasteiger partial charge in [0.05, 0.1) is 17.4 Å². The highest BCUT2D eigenvalue weighted by atomic mass is 32.1. The van der Waals surface area contributed by atoms with E-state index in [1.54, 1.807) is 16.7 Å². The molecule has 0 radical (unpaired) electrons. The molecule has 0 N–H and O–H groups in total. The molecule has 3 atom stereocenters. The highest BCUT2D eigenvalue weighted by Crippen LogP contribution is 2.61. The summed E-state index contributed by atoms with van der Waals surface area (Å²) in [6.45, 7) is 40.1. The monoisotopic (exact) mass is 1160 g/mol. The summed E-state index contributed by atoms with van der Waals surface area (Å²) in [5.74, 6) is 0. The first-order chi connectivity index (χ1) is 41.0. The zero-order valence-corrected chi connectivity index (χ0v) is 55.6. The van der Waals surface area contributed by atoms with Gasteiger partial charge in [-0.15, -0.1) is 11.3 Å². The van der Waals surface area contributed by atoms with Crippen LogP contribution in [0.2, 0.25) is 0 Å². The number of nitrogens with zero attached hydrogens (tertiary/aromatic N) is 3. The average Bonchev–Trinajstić information content (AvgIpc) is 1.67. The number of benzene rings is 7. The average molecular weight is 1160 g/mol. The Morgan fingerprint density at radius 1 is 0.517 bits per heavy atom. The van der Waals surface area contributed by atoms with Crippen LogP contribution in [0.3, 0.4) is 0 Å². The Bertz CT molecular complexity index is 4510. The summed E-state index contributed by atoms with van der Waals surface area (Å²) in [5.41, 5.74) is 26.8. The first kappa shape index (κ1) is 55.5. The van der Waals surface area contributed by atoms with Gasteiger partial charge in [-0.3, -0.25) is 0 Å². The number of hydrogen-bond donors (Lipinski definition) is 0. The number of thiophene rings is 1. The maximum Gasteiger partial charge on any atom is 0.264 e. The van der Waals surface area contributed by atoms with Gasteiger partial charge in [0, 0.05) is 65.8 Å². The van der Waals surface area contributed by atoms with Gasteiger partial charge in [0.25, 0.3) is 6.71 Å². The maximum atomic E-state index is 6.79. The van der Waals surface area contributed by atoms with Crippen LogP contribution in [0.25, 0.3) is 32.0 Å². The van der Waals surface area contributed by atoms with Crippen LogP contribution in [-0.4, -0.2) is 12.8 Å². The van der Waals surface area contributed by atoms with E-state index in [1.807, 2.05) is 0 Å². The van der Waals surface area contributed by atoms with Crippen molar-refractivity contribution in [2.45, 2.75) is 201 Å². The molecule has 3 aliphatic heterocycles. The lowest BCUT2D eigenvalue weighted by molar-refractivity contribution is 0.208. The molecule has 3 unspecified atom stereocenters. The number of para-hydroxylation sites is 2. The lowest BCUT2D eigenvalue weighted by Gasteiger charge is -2.51. The van der Waals surface area contributed by atoms with Gasteiger partial charge in [-0.2, -0.15) is 0 Å². The molecule has 6 heteroatoms. The first-order valence-electron chi connectivity index (χ1n) is 32.9. The highest BCUT2D eigenvalue weighted by molar-refractivity contribution is 7.33. The zero-order chi connectivity index (χ0) is 60.7. The minimum Gasteiger partial charge on any atom is -0.456 e. The van der Waals surface area contributed by atoms with Gasteiger partial charge in [0.15, 0.2) is 0 Å². The van der Waals surface area contributed by atoms with Crippen LogP contribution in [0.4, 0.5) is 45.5 Å². The molecule has 7 aliphatic rings. The van der Waals surface area contributed by atoms with E-state index in [0.717, 1.165) is 64.7 Å². The van der Waals surface area contributed by atoms with Gasteiger partial charge >= 0.3 is 0 Å². The summed E-state index contributed by atoms with van der Waals surface area (Å²) in [4.78, 5) is 8.24. The molecule has 0 saturated carbocycles. The number of fused-ring (bicyclic) bond motifs is 10. The lowest BCUT2D eigenvalue weighted by atomic mass is 9.35. The van der Waals surface area contributed by atoms with Crippen LogP contribution in [0.5, 0.6) is 0 Å². The third-order valence-corrected chi connectivity index (χ3v) is 24.6. The molecule has 4 bridgehead atoms. The van der Waals surface area contributed by atoms with Gasteiger partial charge in [-0.05, 0) is 217 Å². The molecule has 4 nitrogen and oxygen atoms in total. The number of hydrogen-bond acceptors (Lipinski definition) is 5. The van der Waals surface area contributed by atoms with Crippen molar-refractivity contribution >= 4 is 111 Å². The van der Waals surface area contributed by atoms with Crippen molar-refractivity contribution in [1.29, 1.82) is 0 Å². The minimum absolute atomic E-state index is 0.000137. The maximum absolute atomic E-state index is 6.79. The molecule has 0 amide bonds. The van der Waals surface area contributed by atoms with E-state index in [9.17, 15) is 0 Å². The molecule has 7 aromatic carbocycles. The topological polar surface area (TPSA) is 22.9 Å². The Kier molecular flexibility index (Phi) is 11.5. The number of allylic oxidation sites excluding steroid dienone is 2. The molecular weight excluding hydrogens is 1070 g/mol. The van der Waals surface area contributed by atoms with Gasteiger partial charge < -0.3 is 19.1 Å². The van der Waals surface area contributed by atoms with E-state index in [1.165, 1.54) is 108 Å². The summed E-state index contributed by atoms with van der Waals surface area (Å²) in [7, 11) is 0. The Morgan fingerprint density at radius 2 is 1.14 bits per heavy atom. The van der Waals surface area contributed by atoms with Crippen molar-refractivity contribution in [3.8, 4) is 0 Å². The van der Waals surface area contributed by atoms with Crippen LogP contribution in [0.1, 0.15) is 196 Å². The second-order valence-corrected chi connectivity index (χ2v) is 34.4. The van der Waals surface area contributed by atoms with Crippen molar-refractivity contribution < 1.29 is 4.42 Å². The van der Waals surface area contributed by atoms with E-state index in [0.29, 0.717) is 0 Å². The van der Waals surface area contributed by atoms with Crippen molar-refractivity contribution in [3.05, 3.63) is 184 Å². The van der Waals surface area contributed by atoms with Crippen molar-refractivity contribution in [1.82, 2.24) is 0 Å². The van der Waals surface area contributed by atoms with Gasteiger partial charge in [-0.1, -0.05) is 177 Å². The second-order valence-electron chi connectivity index (χ2n) is 33.3. The molecule has 87 heavy (non-hydrogen) atoms. The standard InChI is InChI=1S/C81H88BN3OS/c1-74(2,3)48-36-49(75(4,5)6)38-53(37-48)84-65-45-60-59(77(9,10)30-31-78(60,11)12)44-64(65)82-71-66(84)40-54(83(50-22-18-17-19-23-50)52-26-28-56-55-24-20-21-25-68(55)86-69(56)42-52)41-67(71)85-51-27-29-58-62(39-51)80(15,34-32-76(58,7)8)47-81(16)35-33-79(13,14)61-46-70-57(43-63(61)81)72(85)73(82)87-70/h17-29,36-37,39-46,53H,30-35,38,47H2,1-16H3. The number of anilines is 8. The molecule has 0 spiro atoms. The fourth-order valence-electron chi connectivity index (χ4n) is 17.9. The van der Waals surface area contributed by atoms with E-state index < -0.39 is 0 Å². The number of furan rings is 1. The smallest absolute Gasteiger partial charge is 0.264 e. The Morgan fingerprint density at radius 3 is 1.84 bits per heavy atom. The van der Waals surface area contributed by atoms with Crippen molar-refractivity contribution in [2.75, 3.05) is 14.7 Å². The lowest BCUT2D eigenvalue weighted by Crippen LogP contribution is -2.62. The molecule has 16 rings (SSSR count). The highest BCUT2D eigenvalue weighted by Gasteiger charge is 2.53. The molecule has 0 saturated heterocycles. The van der Waals surface area contributed by atoms with E-state index in [4.69, 9.17) is 4.42 Å². The molecule has 5 heterocycles. The van der Waals surface area contributed by atoms with Crippen LogP contribution in [-0.2, 0) is 32.5 Å². The van der Waals surface area contributed by atoms with Gasteiger partial charge in [-0.25, -0.2) is 0 Å². The Balaban J connectivity index is 1.08. The first-order valence-corrected chi connectivity index (χ1v) is 33.8. The summed E-state index contributed by atoms with van der Waals surface area (Å²) in [6, 6.07) is 50.7. The molecule has 2 aromatic heterocycles. The van der Waals surface area contributed by atoms with E-state index >= 15 is 0 Å².